The summed E-state index contributed by atoms with van der Waals surface area (Å²) >= 11 is 0. The molecule has 1 saturated heterocycles. The predicted molar refractivity (Wildman–Crippen MR) is 85.4 cm³/mol. The summed E-state index contributed by atoms with van der Waals surface area (Å²) in [5, 5.41) is 9.45. The van der Waals surface area contributed by atoms with Crippen LogP contribution >= 0.6 is 0 Å². The van der Waals surface area contributed by atoms with Gasteiger partial charge in [-0.05, 0) is 29.8 Å². The van der Waals surface area contributed by atoms with Crippen molar-refractivity contribution in [3.63, 3.8) is 0 Å². The number of likely N-dealkylation sites (tertiary alicyclic amines) is 1. The Morgan fingerprint density at radius 3 is 2.42 bits per heavy atom. The number of para-hydroxylation sites is 1. The van der Waals surface area contributed by atoms with Crippen LogP contribution in [0.1, 0.15) is 11.6 Å². The number of nitrogens with zero attached hydrogens (tertiary/aromatic N) is 1. The number of carbonyl (C=O) groups excluding carboxylic acids is 2. The molecule has 1 heterocycles. The molecule has 2 unspecified atom stereocenters. The maximum atomic E-state index is 12.4. The molecule has 0 aromatic heterocycles. The smallest absolute Gasteiger partial charge is 0.325 e. The molecule has 1 aliphatic heterocycles. The second-order valence-corrected chi connectivity index (χ2v) is 5.43. The van der Waals surface area contributed by atoms with E-state index < -0.39 is 18.1 Å². The molecule has 6 heteroatoms. The van der Waals surface area contributed by atoms with Gasteiger partial charge in [-0.1, -0.05) is 30.3 Å². The average molecular weight is 327 g/mol. The number of amides is 1. The normalized spacial score (nSPS) is 19.5. The SMILES string of the molecule is COC(=O)CN1C(=O)C(Oc2ccccc2)C1c1ccc(O)cc1. The van der Waals surface area contributed by atoms with Gasteiger partial charge in [0, 0.05) is 0 Å². The largest absolute Gasteiger partial charge is 0.508 e. The minimum Gasteiger partial charge on any atom is -0.508 e. The van der Waals surface area contributed by atoms with Gasteiger partial charge in [-0.2, -0.15) is 0 Å². The Bertz CT molecular complexity index is 729. The minimum atomic E-state index is -0.721. The van der Waals surface area contributed by atoms with E-state index in [1.807, 2.05) is 18.2 Å². The van der Waals surface area contributed by atoms with E-state index in [1.165, 1.54) is 24.1 Å². The van der Waals surface area contributed by atoms with E-state index in [0.29, 0.717) is 5.75 Å². The van der Waals surface area contributed by atoms with Gasteiger partial charge in [0.25, 0.3) is 5.91 Å². The molecule has 124 valence electrons. The molecule has 0 radical (unpaired) electrons. The van der Waals surface area contributed by atoms with Crippen LogP contribution in [0.5, 0.6) is 11.5 Å². The van der Waals surface area contributed by atoms with Gasteiger partial charge in [0.05, 0.1) is 7.11 Å². The summed E-state index contributed by atoms with van der Waals surface area (Å²) in [6, 6.07) is 15.1. The van der Waals surface area contributed by atoms with Gasteiger partial charge in [0.2, 0.25) is 6.10 Å². The van der Waals surface area contributed by atoms with Crippen LogP contribution in [-0.2, 0) is 14.3 Å². The van der Waals surface area contributed by atoms with Crippen LogP contribution in [0.3, 0.4) is 0 Å². The van der Waals surface area contributed by atoms with Gasteiger partial charge in [-0.15, -0.1) is 0 Å². The highest BCUT2D eigenvalue weighted by molar-refractivity contribution is 5.92. The fourth-order valence-electron chi connectivity index (χ4n) is 2.68. The van der Waals surface area contributed by atoms with Crippen molar-refractivity contribution in [2.45, 2.75) is 12.1 Å². The number of carbonyl (C=O) groups is 2. The highest BCUT2D eigenvalue weighted by atomic mass is 16.5. The van der Waals surface area contributed by atoms with Crippen molar-refractivity contribution >= 4 is 11.9 Å². The molecule has 0 spiro atoms. The first-order valence-corrected chi connectivity index (χ1v) is 7.48. The lowest BCUT2D eigenvalue weighted by atomic mass is 9.90. The molecule has 1 N–H and O–H groups in total. The van der Waals surface area contributed by atoms with Gasteiger partial charge in [-0.3, -0.25) is 9.59 Å². The first kappa shape index (κ1) is 15.9. The number of ether oxygens (including phenoxy) is 2. The lowest BCUT2D eigenvalue weighted by Gasteiger charge is -2.46. The number of hydrogen-bond donors (Lipinski definition) is 1. The summed E-state index contributed by atoms with van der Waals surface area (Å²) in [7, 11) is 1.28. The summed E-state index contributed by atoms with van der Waals surface area (Å²) in [6.07, 6.45) is -0.721. The van der Waals surface area contributed by atoms with Gasteiger partial charge in [0.1, 0.15) is 24.1 Å². The number of rotatable bonds is 5. The number of esters is 1. The highest BCUT2D eigenvalue weighted by Gasteiger charge is 2.50. The molecular weight excluding hydrogens is 310 g/mol. The second kappa shape index (κ2) is 6.62. The third-order valence-electron chi connectivity index (χ3n) is 3.92. The van der Waals surface area contributed by atoms with Crippen molar-refractivity contribution in [2.75, 3.05) is 13.7 Å². The minimum absolute atomic E-state index is 0.129. The standard InChI is InChI=1S/C18H17NO5/c1-23-15(21)11-19-16(12-7-9-13(20)10-8-12)17(18(19)22)24-14-5-3-2-4-6-14/h2-10,16-17,20H,11H2,1H3. The molecule has 1 aliphatic rings. The van der Waals surface area contributed by atoms with E-state index in [2.05, 4.69) is 4.74 Å². The monoisotopic (exact) mass is 327 g/mol. The zero-order valence-electron chi connectivity index (χ0n) is 13.1. The lowest BCUT2D eigenvalue weighted by molar-refractivity contribution is -0.170. The van der Waals surface area contributed by atoms with E-state index in [4.69, 9.17) is 4.74 Å². The quantitative estimate of drug-likeness (QED) is 0.670. The van der Waals surface area contributed by atoms with Crippen LogP contribution in [0.15, 0.2) is 54.6 Å². The van der Waals surface area contributed by atoms with Crippen LogP contribution in [0, 0.1) is 0 Å². The second-order valence-electron chi connectivity index (χ2n) is 5.43. The van der Waals surface area contributed by atoms with Crippen LogP contribution < -0.4 is 4.74 Å². The Balaban J connectivity index is 1.85. The Morgan fingerprint density at radius 1 is 1.12 bits per heavy atom. The Kier molecular flexibility index (Phi) is 4.37. The lowest BCUT2D eigenvalue weighted by Crippen LogP contribution is -2.62. The number of β-lactam (4-membered cyclic amide) rings is 1. The molecule has 2 atom stereocenters. The first-order valence-electron chi connectivity index (χ1n) is 7.48. The Hall–Kier alpha value is -3.02. The number of benzene rings is 2. The van der Waals surface area contributed by atoms with Crippen molar-refractivity contribution in [3.8, 4) is 11.5 Å². The molecule has 1 fully saturated rings. The Labute approximate surface area is 139 Å². The number of phenolic OH excluding ortho intramolecular Hbond substituents is 1. The van der Waals surface area contributed by atoms with E-state index in [0.717, 1.165) is 5.56 Å². The molecule has 2 aromatic carbocycles. The topological polar surface area (TPSA) is 76.1 Å². The molecule has 3 rings (SSSR count). The number of aromatic hydroxyl groups is 1. The molecule has 6 nitrogen and oxygen atoms in total. The number of methoxy groups -OCH3 is 1. The highest BCUT2D eigenvalue weighted by Crippen LogP contribution is 2.38. The van der Waals surface area contributed by atoms with E-state index in [-0.39, 0.29) is 18.2 Å². The van der Waals surface area contributed by atoms with Crippen molar-refractivity contribution in [1.82, 2.24) is 4.90 Å². The molecule has 0 aliphatic carbocycles. The summed E-state index contributed by atoms with van der Waals surface area (Å²) in [5.74, 6) is -0.0607. The van der Waals surface area contributed by atoms with Crippen LogP contribution in [0.4, 0.5) is 0 Å². The summed E-state index contributed by atoms with van der Waals surface area (Å²) in [6.45, 7) is -0.143. The predicted octanol–water partition coefficient (Wildman–Crippen LogP) is 1.90. The van der Waals surface area contributed by atoms with Crippen LogP contribution in [0.25, 0.3) is 0 Å². The summed E-state index contributed by atoms with van der Waals surface area (Å²) in [4.78, 5) is 25.4. The molecule has 0 bridgehead atoms. The summed E-state index contributed by atoms with van der Waals surface area (Å²) in [5.41, 5.74) is 0.775. The third-order valence-corrected chi connectivity index (χ3v) is 3.92. The third kappa shape index (κ3) is 3.03. The van der Waals surface area contributed by atoms with Crippen molar-refractivity contribution in [3.05, 3.63) is 60.2 Å². The van der Waals surface area contributed by atoms with Gasteiger partial charge in [-0.25, -0.2) is 0 Å². The first-order chi connectivity index (χ1) is 11.6. The number of hydrogen-bond acceptors (Lipinski definition) is 5. The number of phenols is 1. The van der Waals surface area contributed by atoms with E-state index in [9.17, 15) is 14.7 Å². The summed E-state index contributed by atoms with van der Waals surface area (Å²) < 4.78 is 10.4. The van der Waals surface area contributed by atoms with E-state index >= 15 is 0 Å². The Morgan fingerprint density at radius 2 is 1.79 bits per heavy atom. The maximum Gasteiger partial charge on any atom is 0.325 e. The van der Waals surface area contributed by atoms with Gasteiger partial charge >= 0.3 is 5.97 Å². The van der Waals surface area contributed by atoms with Crippen molar-refractivity contribution < 1.29 is 24.2 Å². The van der Waals surface area contributed by atoms with Gasteiger partial charge in [0.15, 0.2) is 0 Å². The van der Waals surface area contributed by atoms with Crippen molar-refractivity contribution in [1.29, 1.82) is 0 Å². The van der Waals surface area contributed by atoms with Gasteiger partial charge < -0.3 is 19.5 Å². The molecule has 0 saturated carbocycles. The van der Waals surface area contributed by atoms with E-state index in [1.54, 1.807) is 24.3 Å². The molecule has 2 aromatic rings. The fraction of sp³-hybridized carbons (Fsp3) is 0.222. The van der Waals surface area contributed by atoms with Crippen molar-refractivity contribution in [2.24, 2.45) is 0 Å². The van der Waals surface area contributed by atoms with Crippen LogP contribution in [0.2, 0.25) is 0 Å². The maximum absolute atomic E-state index is 12.4. The fourth-order valence-corrected chi connectivity index (χ4v) is 2.68. The molecule has 24 heavy (non-hydrogen) atoms. The molecular formula is C18H17NO5. The van der Waals surface area contributed by atoms with Crippen LogP contribution in [-0.4, -0.2) is 41.6 Å². The zero-order chi connectivity index (χ0) is 17.1. The average Bonchev–Trinajstić information content (AvgIpc) is 2.62. The molecule has 1 amide bonds. The zero-order valence-corrected chi connectivity index (χ0v) is 13.1.